The summed E-state index contributed by atoms with van der Waals surface area (Å²) >= 11 is 0. The van der Waals surface area contributed by atoms with Gasteiger partial charge in [-0.05, 0) is 49.7 Å². The van der Waals surface area contributed by atoms with Gasteiger partial charge >= 0.3 is 0 Å². The van der Waals surface area contributed by atoms with E-state index in [4.69, 9.17) is 4.74 Å². The van der Waals surface area contributed by atoms with Gasteiger partial charge in [0.15, 0.2) is 0 Å². The van der Waals surface area contributed by atoms with Gasteiger partial charge in [0.05, 0.1) is 7.11 Å². The average molecular weight is 340 g/mol. The number of hydrogen-bond acceptors (Lipinski definition) is 3. The number of ether oxygens (including phenoxy) is 1. The second-order valence-electron chi connectivity index (χ2n) is 6.13. The molecule has 2 rings (SSSR count). The van der Waals surface area contributed by atoms with Crippen molar-refractivity contribution in [2.24, 2.45) is 0 Å². The number of nitrogens with zero attached hydrogens (tertiary/aromatic N) is 1. The molecule has 0 saturated carbocycles. The Morgan fingerprint density at radius 3 is 2.40 bits per heavy atom. The van der Waals surface area contributed by atoms with Crippen molar-refractivity contribution in [2.75, 3.05) is 27.2 Å². The molecule has 0 spiro atoms. The first kappa shape index (κ1) is 19.0. The first-order valence-electron chi connectivity index (χ1n) is 8.81. The Hall–Kier alpha value is -2.33. The molecule has 0 aliphatic heterocycles. The lowest BCUT2D eigenvalue weighted by Gasteiger charge is -2.26. The number of carbonyl (C=O) groups excluding carboxylic acids is 1. The van der Waals surface area contributed by atoms with Gasteiger partial charge in [0.25, 0.3) is 0 Å². The summed E-state index contributed by atoms with van der Waals surface area (Å²) in [6.07, 6.45) is 1.85. The SMILES string of the molecule is CCN(C)C(C(=O)NCCCc1ccc(OC)cc1)c1ccccc1. The predicted octanol–water partition coefficient (Wildman–Crippen LogP) is 3.44. The van der Waals surface area contributed by atoms with Crippen LogP contribution < -0.4 is 10.1 Å². The van der Waals surface area contributed by atoms with Crippen LogP contribution in [0.25, 0.3) is 0 Å². The Labute approximate surface area is 150 Å². The second kappa shape index (κ2) is 9.84. The fourth-order valence-electron chi connectivity index (χ4n) is 2.82. The monoisotopic (exact) mass is 340 g/mol. The van der Waals surface area contributed by atoms with Crippen LogP contribution >= 0.6 is 0 Å². The Bertz CT molecular complexity index is 641. The molecular formula is C21H28N2O2. The van der Waals surface area contributed by atoms with E-state index in [1.165, 1.54) is 5.56 Å². The molecule has 0 aliphatic rings. The number of likely N-dealkylation sites (N-methyl/N-ethyl adjacent to an activating group) is 1. The highest BCUT2D eigenvalue weighted by atomic mass is 16.5. The van der Waals surface area contributed by atoms with Crippen LogP contribution in [0.4, 0.5) is 0 Å². The molecule has 2 aromatic rings. The number of aryl methyl sites for hydroxylation is 1. The van der Waals surface area contributed by atoms with E-state index in [9.17, 15) is 4.79 Å². The van der Waals surface area contributed by atoms with Crippen molar-refractivity contribution in [3.63, 3.8) is 0 Å². The van der Waals surface area contributed by atoms with Gasteiger partial charge in [0, 0.05) is 6.54 Å². The lowest BCUT2D eigenvalue weighted by Crippen LogP contribution is -2.39. The molecule has 0 bridgehead atoms. The summed E-state index contributed by atoms with van der Waals surface area (Å²) in [4.78, 5) is 14.7. The van der Waals surface area contributed by atoms with Crippen LogP contribution in [-0.2, 0) is 11.2 Å². The second-order valence-corrected chi connectivity index (χ2v) is 6.13. The molecule has 134 valence electrons. The maximum Gasteiger partial charge on any atom is 0.241 e. The topological polar surface area (TPSA) is 41.6 Å². The van der Waals surface area contributed by atoms with E-state index >= 15 is 0 Å². The number of hydrogen-bond donors (Lipinski definition) is 1. The van der Waals surface area contributed by atoms with Crippen molar-refractivity contribution in [3.8, 4) is 5.75 Å². The van der Waals surface area contributed by atoms with Crippen molar-refractivity contribution in [1.82, 2.24) is 10.2 Å². The Morgan fingerprint density at radius 1 is 1.12 bits per heavy atom. The predicted molar refractivity (Wildman–Crippen MR) is 102 cm³/mol. The van der Waals surface area contributed by atoms with Crippen molar-refractivity contribution >= 4 is 5.91 Å². The molecule has 1 N–H and O–H groups in total. The van der Waals surface area contributed by atoms with Crippen LogP contribution in [0.3, 0.4) is 0 Å². The highest BCUT2D eigenvalue weighted by molar-refractivity contribution is 5.83. The van der Waals surface area contributed by atoms with Crippen LogP contribution in [0.1, 0.15) is 30.5 Å². The van der Waals surface area contributed by atoms with E-state index < -0.39 is 0 Å². The number of rotatable bonds is 9. The van der Waals surface area contributed by atoms with Crippen LogP contribution in [0, 0.1) is 0 Å². The zero-order valence-corrected chi connectivity index (χ0v) is 15.4. The molecule has 4 heteroatoms. The minimum atomic E-state index is -0.243. The minimum Gasteiger partial charge on any atom is -0.497 e. The van der Waals surface area contributed by atoms with E-state index in [2.05, 4.69) is 29.3 Å². The highest BCUT2D eigenvalue weighted by Gasteiger charge is 2.23. The quantitative estimate of drug-likeness (QED) is 0.711. The molecule has 4 nitrogen and oxygen atoms in total. The summed E-state index contributed by atoms with van der Waals surface area (Å²) < 4.78 is 5.17. The average Bonchev–Trinajstić information content (AvgIpc) is 2.66. The van der Waals surface area contributed by atoms with Crippen molar-refractivity contribution in [2.45, 2.75) is 25.8 Å². The smallest absolute Gasteiger partial charge is 0.241 e. The summed E-state index contributed by atoms with van der Waals surface area (Å²) in [6, 6.07) is 17.8. The summed E-state index contributed by atoms with van der Waals surface area (Å²) in [7, 11) is 3.65. The maximum absolute atomic E-state index is 12.7. The van der Waals surface area contributed by atoms with E-state index in [1.54, 1.807) is 7.11 Å². The first-order chi connectivity index (χ1) is 12.2. The van der Waals surface area contributed by atoms with Crippen molar-refractivity contribution in [1.29, 1.82) is 0 Å². The van der Waals surface area contributed by atoms with Gasteiger partial charge in [-0.1, -0.05) is 49.4 Å². The third-order valence-corrected chi connectivity index (χ3v) is 4.40. The lowest BCUT2D eigenvalue weighted by molar-refractivity contribution is -0.126. The minimum absolute atomic E-state index is 0.0604. The van der Waals surface area contributed by atoms with Gasteiger partial charge in [-0.3, -0.25) is 9.69 Å². The third kappa shape index (κ3) is 5.61. The molecular weight excluding hydrogens is 312 g/mol. The van der Waals surface area contributed by atoms with Gasteiger partial charge in [0.1, 0.15) is 11.8 Å². The van der Waals surface area contributed by atoms with Crippen LogP contribution in [0.15, 0.2) is 54.6 Å². The summed E-state index contributed by atoms with van der Waals surface area (Å²) in [6.45, 7) is 3.55. The fraction of sp³-hybridized carbons (Fsp3) is 0.381. The molecule has 2 aromatic carbocycles. The lowest BCUT2D eigenvalue weighted by atomic mass is 10.0. The van der Waals surface area contributed by atoms with Gasteiger partial charge < -0.3 is 10.1 Å². The van der Waals surface area contributed by atoms with Gasteiger partial charge in [-0.15, -0.1) is 0 Å². The van der Waals surface area contributed by atoms with Gasteiger partial charge in [-0.25, -0.2) is 0 Å². The number of amides is 1. The summed E-state index contributed by atoms with van der Waals surface area (Å²) in [5, 5.41) is 3.08. The van der Waals surface area contributed by atoms with E-state index in [0.29, 0.717) is 6.54 Å². The molecule has 1 unspecified atom stereocenters. The van der Waals surface area contributed by atoms with Crippen LogP contribution in [0.2, 0.25) is 0 Å². The number of carbonyl (C=O) groups is 1. The maximum atomic E-state index is 12.7. The summed E-state index contributed by atoms with van der Waals surface area (Å²) in [5.41, 5.74) is 2.28. The molecule has 0 heterocycles. The molecule has 1 amide bonds. The Kier molecular flexibility index (Phi) is 7.48. The molecule has 0 radical (unpaired) electrons. The molecule has 1 atom stereocenters. The highest BCUT2D eigenvalue weighted by Crippen LogP contribution is 2.19. The van der Waals surface area contributed by atoms with E-state index in [-0.39, 0.29) is 11.9 Å². The molecule has 25 heavy (non-hydrogen) atoms. The largest absolute Gasteiger partial charge is 0.497 e. The zero-order valence-electron chi connectivity index (χ0n) is 15.4. The van der Waals surface area contributed by atoms with Crippen molar-refractivity contribution in [3.05, 3.63) is 65.7 Å². The molecule has 0 saturated heterocycles. The molecule has 0 aromatic heterocycles. The van der Waals surface area contributed by atoms with E-state index in [1.807, 2.05) is 49.5 Å². The fourth-order valence-corrected chi connectivity index (χ4v) is 2.82. The van der Waals surface area contributed by atoms with Gasteiger partial charge in [0.2, 0.25) is 5.91 Å². The Morgan fingerprint density at radius 2 is 1.80 bits per heavy atom. The van der Waals surface area contributed by atoms with Gasteiger partial charge in [-0.2, -0.15) is 0 Å². The normalized spacial score (nSPS) is 12.0. The number of methoxy groups -OCH3 is 1. The molecule has 0 fully saturated rings. The van der Waals surface area contributed by atoms with Crippen molar-refractivity contribution < 1.29 is 9.53 Å². The van der Waals surface area contributed by atoms with E-state index in [0.717, 1.165) is 30.7 Å². The number of benzene rings is 2. The molecule has 0 aliphatic carbocycles. The van der Waals surface area contributed by atoms with Crippen LogP contribution in [-0.4, -0.2) is 38.1 Å². The summed E-state index contributed by atoms with van der Waals surface area (Å²) in [5.74, 6) is 0.927. The Balaban J connectivity index is 1.86. The van der Waals surface area contributed by atoms with Crippen LogP contribution in [0.5, 0.6) is 5.75 Å². The zero-order chi connectivity index (χ0) is 18.1. The standard InChI is InChI=1S/C21H28N2O2/c1-4-23(2)20(18-10-6-5-7-11-18)21(24)22-16-8-9-17-12-14-19(25-3)15-13-17/h5-7,10-15,20H,4,8-9,16H2,1-3H3,(H,22,24). The first-order valence-corrected chi connectivity index (χ1v) is 8.81. The number of nitrogens with one attached hydrogen (secondary N) is 1. The third-order valence-electron chi connectivity index (χ3n) is 4.40.